The van der Waals surface area contributed by atoms with E-state index in [1.807, 2.05) is 55.5 Å². The molecule has 0 fully saturated rings. The highest BCUT2D eigenvalue weighted by molar-refractivity contribution is 8.00. The fourth-order valence-electron chi connectivity index (χ4n) is 1.77. The topological polar surface area (TPSA) is 55.4 Å². The summed E-state index contributed by atoms with van der Waals surface area (Å²) in [4.78, 5) is 24.3. The lowest BCUT2D eigenvalue weighted by molar-refractivity contribution is -0.144. The van der Waals surface area contributed by atoms with Gasteiger partial charge in [0.05, 0.1) is 5.75 Å². The molecule has 0 aliphatic heterocycles. The van der Waals surface area contributed by atoms with E-state index in [9.17, 15) is 9.59 Å². The maximum absolute atomic E-state index is 11.7. The number of nitrogens with one attached hydrogen (secondary N) is 1. The van der Waals surface area contributed by atoms with Crippen molar-refractivity contribution in [2.75, 3.05) is 17.7 Å². The Hall–Kier alpha value is -2.27. The first kappa shape index (κ1) is 16.1. The van der Waals surface area contributed by atoms with Gasteiger partial charge in [0.25, 0.3) is 5.91 Å². The van der Waals surface area contributed by atoms with Gasteiger partial charge in [0.15, 0.2) is 6.61 Å². The van der Waals surface area contributed by atoms with E-state index in [0.29, 0.717) is 5.69 Å². The minimum absolute atomic E-state index is 0.182. The van der Waals surface area contributed by atoms with E-state index in [2.05, 4.69) is 5.32 Å². The van der Waals surface area contributed by atoms with Crippen LogP contribution in [0, 0.1) is 6.92 Å². The number of carbonyl (C=O) groups excluding carboxylic acids is 2. The lowest BCUT2D eigenvalue weighted by Crippen LogP contribution is -2.21. The highest BCUT2D eigenvalue weighted by Gasteiger charge is 2.08. The van der Waals surface area contributed by atoms with Gasteiger partial charge in [0, 0.05) is 10.6 Å². The number of carbonyl (C=O) groups is 2. The second-order valence-corrected chi connectivity index (χ2v) is 5.73. The molecule has 1 N–H and O–H groups in total. The summed E-state index contributed by atoms with van der Waals surface area (Å²) in [5, 5.41) is 2.69. The van der Waals surface area contributed by atoms with Gasteiger partial charge in [-0.2, -0.15) is 0 Å². The number of thioether (sulfide) groups is 1. The zero-order valence-corrected chi connectivity index (χ0v) is 13.1. The largest absolute Gasteiger partial charge is 0.455 e. The Balaban J connectivity index is 1.70. The molecule has 0 heterocycles. The number of amides is 1. The van der Waals surface area contributed by atoms with E-state index in [0.717, 1.165) is 10.5 Å². The van der Waals surface area contributed by atoms with Gasteiger partial charge in [-0.25, -0.2) is 0 Å². The van der Waals surface area contributed by atoms with Crippen molar-refractivity contribution in [3.05, 3.63) is 60.2 Å². The SMILES string of the molecule is Cc1cccc(NC(=O)COC(=O)CSc2ccccc2)c1. The standard InChI is InChI=1S/C17H17NO3S/c1-13-6-5-7-14(10-13)18-16(19)11-21-17(20)12-22-15-8-3-2-4-9-15/h2-10H,11-12H2,1H3,(H,18,19). The van der Waals surface area contributed by atoms with Gasteiger partial charge in [-0.05, 0) is 36.8 Å². The smallest absolute Gasteiger partial charge is 0.316 e. The average molecular weight is 315 g/mol. The molecule has 2 aromatic rings. The number of benzene rings is 2. The maximum Gasteiger partial charge on any atom is 0.316 e. The summed E-state index contributed by atoms with van der Waals surface area (Å²) in [5.41, 5.74) is 1.74. The summed E-state index contributed by atoms with van der Waals surface area (Å²) in [6.45, 7) is 1.67. The summed E-state index contributed by atoms with van der Waals surface area (Å²) < 4.78 is 4.96. The van der Waals surface area contributed by atoms with Gasteiger partial charge < -0.3 is 10.1 Å². The number of rotatable bonds is 6. The Bertz CT molecular complexity index is 643. The first-order valence-electron chi connectivity index (χ1n) is 6.83. The molecule has 2 rings (SSSR count). The van der Waals surface area contributed by atoms with E-state index < -0.39 is 5.97 Å². The molecule has 0 aliphatic rings. The third-order valence-corrected chi connectivity index (χ3v) is 3.75. The summed E-state index contributed by atoms with van der Waals surface area (Å²) in [5.74, 6) is -0.571. The minimum Gasteiger partial charge on any atom is -0.455 e. The Labute approximate surface area is 133 Å². The zero-order valence-electron chi connectivity index (χ0n) is 12.2. The van der Waals surface area contributed by atoms with Crippen LogP contribution in [-0.2, 0) is 14.3 Å². The number of hydrogen-bond acceptors (Lipinski definition) is 4. The van der Waals surface area contributed by atoms with Crippen LogP contribution in [0.2, 0.25) is 0 Å². The van der Waals surface area contributed by atoms with Gasteiger partial charge in [0.1, 0.15) is 0 Å². The third kappa shape index (κ3) is 5.61. The first-order valence-corrected chi connectivity index (χ1v) is 7.82. The molecule has 0 unspecified atom stereocenters. The van der Waals surface area contributed by atoms with E-state index in [4.69, 9.17) is 4.74 Å². The fourth-order valence-corrected chi connectivity index (χ4v) is 2.48. The number of anilines is 1. The van der Waals surface area contributed by atoms with Crippen LogP contribution in [-0.4, -0.2) is 24.2 Å². The summed E-state index contributed by atoms with van der Waals surface area (Å²) in [6.07, 6.45) is 0. The molecule has 0 radical (unpaired) electrons. The molecule has 4 nitrogen and oxygen atoms in total. The van der Waals surface area contributed by atoms with Crippen molar-refractivity contribution in [2.24, 2.45) is 0 Å². The molecule has 0 saturated carbocycles. The fraction of sp³-hybridized carbons (Fsp3) is 0.176. The number of hydrogen-bond donors (Lipinski definition) is 1. The Morgan fingerprint density at radius 1 is 1.09 bits per heavy atom. The molecule has 2 aromatic carbocycles. The van der Waals surface area contributed by atoms with Crippen molar-refractivity contribution in [3.63, 3.8) is 0 Å². The summed E-state index contributed by atoms with van der Waals surface area (Å²) in [6, 6.07) is 17.0. The van der Waals surface area contributed by atoms with Gasteiger partial charge >= 0.3 is 5.97 Å². The van der Waals surface area contributed by atoms with Crippen LogP contribution in [0.1, 0.15) is 5.56 Å². The monoisotopic (exact) mass is 315 g/mol. The molecule has 22 heavy (non-hydrogen) atoms. The minimum atomic E-state index is -0.409. The lowest BCUT2D eigenvalue weighted by Gasteiger charge is -2.07. The molecule has 0 bridgehead atoms. The van der Waals surface area contributed by atoms with Gasteiger partial charge in [-0.1, -0.05) is 30.3 Å². The molecule has 0 aromatic heterocycles. The highest BCUT2D eigenvalue weighted by Crippen LogP contribution is 2.16. The summed E-state index contributed by atoms with van der Waals surface area (Å²) in [7, 11) is 0. The molecule has 0 saturated heterocycles. The van der Waals surface area contributed by atoms with Crippen molar-refractivity contribution in [2.45, 2.75) is 11.8 Å². The van der Waals surface area contributed by atoms with Crippen molar-refractivity contribution in [1.82, 2.24) is 0 Å². The van der Waals surface area contributed by atoms with E-state index in [1.54, 1.807) is 6.07 Å². The van der Waals surface area contributed by atoms with Gasteiger partial charge in [0.2, 0.25) is 0 Å². The zero-order chi connectivity index (χ0) is 15.8. The number of ether oxygens (including phenoxy) is 1. The second kappa shape index (κ2) is 8.24. The van der Waals surface area contributed by atoms with Crippen LogP contribution >= 0.6 is 11.8 Å². The Morgan fingerprint density at radius 2 is 1.86 bits per heavy atom. The van der Waals surface area contributed by atoms with Crippen LogP contribution in [0.5, 0.6) is 0 Å². The van der Waals surface area contributed by atoms with Gasteiger partial charge in [-0.3, -0.25) is 9.59 Å². The third-order valence-electron chi connectivity index (χ3n) is 2.77. The number of aryl methyl sites for hydroxylation is 1. The van der Waals surface area contributed by atoms with Crippen LogP contribution in [0.25, 0.3) is 0 Å². The summed E-state index contributed by atoms with van der Waals surface area (Å²) >= 11 is 1.38. The maximum atomic E-state index is 11.7. The van der Waals surface area contributed by atoms with Gasteiger partial charge in [-0.15, -0.1) is 11.8 Å². The molecule has 0 spiro atoms. The van der Waals surface area contributed by atoms with Crippen molar-refractivity contribution >= 4 is 29.3 Å². The molecule has 1 amide bonds. The first-order chi connectivity index (χ1) is 10.6. The van der Waals surface area contributed by atoms with Crippen LogP contribution in [0.4, 0.5) is 5.69 Å². The Morgan fingerprint density at radius 3 is 2.59 bits per heavy atom. The molecular formula is C17H17NO3S. The predicted octanol–water partition coefficient (Wildman–Crippen LogP) is 3.27. The molecule has 5 heteroatoms. The van der Waals surface area contributed by atoms with E-state index >= 15 is 0 Å². The molecule has 114 valence electrons. The normalized spacial score (nSPS) is 10.0. The molecule has 0 aliphatic carbocycles. The lowest BCUT2D eigenvalue weighted by atomic mass is 10.2. The molecular weight excluding hydrogens is 298 g/mol. The highest BCUT2D eigenvalue weighted by atomic mass is 32.2. The van der Waals surface area contributed by atoms with Crippen LogP contribution < -0.4 is 5.32 Å². The van der Waals surface area contributed by atoms with Crippen molar-refractivity contribution < 1.29 is 14.3 Å². The van der Waals surface area contributed by atoms with E-state index in [-0.39, 0.29) is 18.3 Å². The average Bonchev–Trinajstić information content (AvgIpc) is 2.52. The van der Waals surface area contributed by atoms with Crippen molar-refractivity contribution in [3.8, 4) is 0 Å². The van der Waals surface area contributed by atoms with Crippen LogP contribution in [0.15, 0.2) is 59.5 Å². The number of esters is 1. The second-order valence-electron chi connectivity index (χ2n) is 4.68. The van der Waals surface area contributed by atoms with Crippen LogP contribution in [0.3, 0.4) is 0 Å². The van der Waals surface area contributed by atoms with Crippen molar-refractivity contribution in [1.29, 1.82) is 0 Å². The Kier molecular flexibility index (Phi) is 6.03. The predicted molar refractivity (Wildman–Crippen MR) is 87.9 cm³/mol. The van der Waals surface area contributed by atoms with E-state index in [1.165, 1.54) is 11.8 Å². The molecule has 0 atom stereocenters. The quantitative estimate of drug-likeness (QED) is 0.656.